The highest BCUT2D eigenvalue weighted by Gasteiger charge is 2.42. The van der Waals surface area contributed by atoms with Crippen LogP contribution in [0.1, 0.15) is 43.9 Å². The number of fused-ring (bicyclic) bond motifs is 1. The van der Waals surface area contributed by atoms with Crippen LogP contribution in [-0.4, -0.2) is 41.7 Å². The Bertz CT molecular complexity index is 1420. The largest absolute Gasteiger partial charge is 0.493 e. The Hall–Kier alpha value is -3.94. The zero-order valence-corrected chi connectivity index (χ0v) is 19.5. The molecular formula is C26H25N3O5. The zero-order valence-electron chi connectivity index (χ0n) is 19.5. The van der Waals surface area contributed by atoms with Gasteiger partial charge in [0, 0.05) is 41.9 Å². The Labute approximate surface area is 196 Å². The summed E-state index contributed by atoms with van der Waals surface area (Å²) in [5.74, 6) is 0.700. The Kier molecular flexibility index (Phi) is 4.42. The average molecular weight is 460 g/mol. The van der Waals surface area contributed by atoms with Gasteiger partial charge in [0.25, 0.3) is 5.91 Å². The molecule has 8 heteroatoms. The highest BCUT2D eigenvalue weighted by atomic mass is 16.7. The quantitative estimate of drug-likeness (QED) is 0.634. The molecule has 3 aliphatic heterocycles. The minimum Gasteiger partial charge on any atom is -0.493 e. The van der Waals surface area contributed by atoms with Crippen molar-refractivity contribution in [1.82, 2.24) is 9.47 Å². The summed E-state index contributed by atoms with van der Waals surface area (Å²) < 4.78 is 19.1. The summed E-state index contributed by atoms with van der Waals surface area (Å²) in [4.78, 5) is 27.2. The van der Waals surface area contributed by atoms with Crippen LogP contribution in [0.5, 0.6) is 17.2 Å². The smallest absolute Gasteiger partial charge is 0.259 e. The predicted molar refractivity (Wildman–Crippen MR) is 126 cm³/mol. The molecule has 0 radical (unpaired) electrons. The number of benzene rings is 2. The van der Waals surface area contributed by atoms with Crippen molar-refractivity contribution in [1.29, 1.82) is 0 Å². The number of imide groups is 1. The van der Waals surface area contributed by atoms with E-state index in [-0.39, 0.29) is 31.2 Å². The number of methoxy groups -OCH3 is 1. The van der Waals surface area contributed by atoms with Crippen LogP contribution in [0.4, 0.5) is 5.69 Å². The summed E-state index contributed by atoms with van der Waals surface area (Å²) >= 11 is 0. The molecule has 0 spiro atoms. The van der Waals surface area contributed by atoms with Gasteiger partial charge in [0.2, 0.25) is 18.4 Å². The number of aromatic nitrogens is 1. The number of carbonyl (C=O) groups excluding carboxylic acids is 2. The normalized spacial score (nSPS) is 18.4. The number of nitrogens with one attached hydrogen (secondary N) is 1. The Balaban J connectivity index is 1.66. The maximum Gasteiger partial charge on any atom is 0.259 e. The lowest BCUT2D eigenvalue weighted by Gasteiger charge is -2.20. The van der Waals surface area contributed by atoms with E-state index in [1.807, 2.05) is 24.3 Å². The molecule has 4 heterocycles. The molecule has 2 aromatic carbocycles. The second kappa shape index (κ2) is 7.28. The number of carbonyl (C=O) groups is 2. The van der Waals surface area contributed by atoms with Gasteiger partial charge < -0.3 is 24.1 Å². The Morgan fingerprint density at radius 2 is 2.06 bits per heavy atom. The Morgan fingerprint density at radius 3 is 2.79 bits per heavy atom. The monoisotopic (exact) mass is 459 g/mol. The maximum absolute atomic E-state index is 13.6. The van der Waals surface area contributed by atoms with E-state index in [9.17, 15) is 9.59 Å². The van der Waals surface area contributed by atoms with Gasteiger partial charge in [-0.15, -0.1) is 0 Å². The van der Waals surface area contributed by atoms with Gasteiger partial charge in [-0.05, 0) is 49.2 Å². The highest BCUT2D eigenvalue weighted by Crippen LogP contribution is 2.50. The van der Waals surface area contributed by atoms with Crippen LogP contribution in [0.15, 0.2) is 47.8 Å². The van der Waals surface area contributed by atoms with Crippen LogP contribution in [0.2, 0.25) is 0 Å². The minimum absolute atomic E-state index is 0.114. The van der Waals surface area contributed by atoms with Gasteiger partial charge in [0.15, 0.2) is 11.5 Å². The van der Waals surface area contributed by atoms with E-state index in [0.29, 0.717) is 22.8 Å². The topological polar surface area (TPSA) is 82.0 Å². The van der Waals surface area contributed by atoms with Gasteiger partial charge in [-0.1, -0.05) is 6.07 Å². The summed E-state index contributed by atoms with van der Waals surface area (Å²) in [6.07, 6.45) is 2.13. The molecule has 3 aromatic rings. The van der Waals surface area contributed by atoms with Gasteiger partial charge in [-0.2, -0.15) is 0 Å². The fraction of sp³-hybridized carbons (Fsp3) is 0.308. The third-order valence-electron chi connectivity index (χ3n) is 6.84. The molecule has 8 nitrogen and oxygen atoms in total. The second-order valence-corrected chi connectivity index (χ2v) is 9.10. The highest BCUT2D eigenvalue weighted by molar-refractivity contribution is 6.11. The standard InChI is InChI=1S/C26H25N3O5/c1-13(2)28-10-16-22(15-8-20(32-4)25-21(9-15)33-12-34-25)24-18(11-29(14(3)30)26(24)31)27-17-6-5-7-19(28)23(16)17/h5-10,13,22,27H,11-12H2,1-4H3. The molecule has 0 saturated carbocycles. The minimum atomic E-state index is -0.422. The molecule has 2 amide bonds. The molecule has 6 rings (SSSR count). The summed E-state index contributed by atoms with van der Waals surface area (Å²) in [6, 6.07) is 10.2. The number of ether oxygens (including phenoxy) is 3. The molecule has 1 N–H and O–H groups in total. The lowest BCUT2D eigenvalue weighted by Crippen LogP contribution is -2.33. The SMILES string of the molecule is COc1cc(C2C3=C(CN(C(C)=O)C3=O)Nc3cccc4c3c2cn4C(C)C)cc2c1OCO2. The molecule has 174 valence electrons. The molecule has 0 fully saturated rings. The van der Waals surface area contributed by atoms with E-state index in [1.165, 1.54) is 11.8 Å². The van der Waals surface area contributed by atoms with Crippen molar-refractivity contribution in [3.8, 4) is 17.2 Å². The van der Waals surface area contributed by atoms with Crippen molar-refractivity contribution in [2.24, 2.45) is 0 Å². The first-order valence-electron chi connectivity index (χ1n) is 11.3. The first kappa shape index (κ1) is 20.7. The summed E-state index contributed by atoms with van der Waals surface area (Å²) in [5.41, 5.74) is 5.15. The van der Waals surface area contributed by atoms with Gasteiger partial charge in [0.1, 0.15) is 0 Å². The number of hydrogen-bond acceptors (Lipinski definition) is 6. The van der Waals surface area contributed by atoms with Crippen molar-refractivity contribution in [3.05, 3.63) is 58.9 Å². The van der Waals surface area contributed by atoms with Crippen molar-refractivity contribution in [3.63, 3.8) is 0 Å². The lowest BCUT2D eigenvalue weighted by molar-refractivity contribution is -0.139. The third-order valence-corrected chi connectivity index (χ3v) is 6.84. The molecule has 3 aliphatic rings. The van der Waals surface area contributed by atoms with Gasteiger partial charge in [0.05, 0.1) is 24.7 Å². The zero-order chi connectivity index (χ0) is 23.7. The van der Waals surface area contributed by atoms with Crippen molar-refractivity contribution in [2.45, 2.75) is 32.7 Å². The van der Waals surface area contributed by atoms with Crippen LogP contribution < -0.4 is 19.5 Å². The van der Waals surface area contributed by atoms with Crippen molar-refractivity contribution >= 4 is 28.4 Å². The first-order chi connectivity index (χ1) is 16.4. The average Bonchev–Trinajstić information content (AvgIpc) is 3.49. The third kappa shape index (κ3) is 2.77. The van der Waals surface area contributed by atoms with Gasteiger partial charge in [-0.3, -0.25) is 14.5 Å². The van der Waals surface area contributed by atoms with E-state index in [0.717, 1.165) is 33.4 Å². The first-order valence-corrected chi connectivity index (χ1v) is 11.3. The fourth-order valence-corrected chi connectivity index (χ4v) is 5.32. The van der Waals surface area contributed by atoms with E-state index in [2.05, 4.69) is 36.0 Å². The van der Waals surface area contributed by atoms with Crippen LogP contribution in [0.3, 0.4) is 0 Å². The van der Waals surface area contributed by atoms with E-state index >= 15 is 0 Å². The second-order valence-electron chi connectivity index (χ2n) is 9.10. The van der Waals surface area contributed by atoms with Crippen LogP contribution in [0, 0.1) is 0 Å². The van der Waals surface area contributed by atoms with Gasteiger partial charge in [-0.25, -0.2) is 0 Å². The number of nitrogens with zero attached hydrogens (tertiary/aromatic N) is 2. The summed E-state index contributed by atoms with van der Waals surface area (Å²) in [5, 5.41) is 4.56. The van der Waals surface area contributed by atoms with Crippen LogP contribution in [-0.2, 0) is 9.59 Å². The molecule has 1 aromatic heterocycles. The van der Waals surface area contributed by atoms with Crippen molar-refractivity contribution in [2.75, 3.05) is 25.8 Å². The van der Waals surface area contributed by atoms with E-state index in [1.54, 1.807) is 7.11 Å². The van der Waals surface area contributed by atoms with Crippen LogP contribution >= 0.6 is 0 Å². The molecule has 1 unspecified atom stereocenters. The van der Waals surface area contributed by atoms with Crippen molar-refractivity contribution < 1.29 is 23.8 Å². The fourth-order valence-electron chi connectivity index (χ4n) is 5.32. The van der Waals surface area contributed by atoms with E-state index in [4.69, 9.17) is 14.2 Å². The molecule has 34 heavy (non-hydrogen) atoms. The number of amides is 2. The molecule has 0 saturated heterocycles. The maximum atomic E-state index is 13.6. The molecule has 0 aliphatic carbocycles. The summed E-state index contributed by atoms with van der Waals surface area (Å²) in [6.45, 7) is 6.02. The molecule has 1 atom stereocenters. The lowest BCUT2D eigenvalue weighted by atomic mass is 9.84. The Morgan fingerprint density at radius 1 is 1.24 bits per heavy atom. The molecular weight excluding hydrogens is 434 g/mol. The van der Waals surface area contributed by atoms with Gasteiger partial charge >= 0.3 is 0 Å². The van der Waals surface area contributed by atoms with E-state index < -0.39 is 5.92 Å². The number of anilines is 1. The summed E-state index contributed by atoms with van der Waals surface area (Å²) in [7, 11) is 1.58. The number of rotatable bonds is 3. The number of hydrogen-bond donors (Lipinski definition) is 1. The molecule has 0 bridgehead atoms. The predicted octanol–water partition coefficient (Wildman–Crippen LogP) is 4.16. The van der Waals surface area contributed by atoms with Crippen LogP contribution in [0.25, 0.3) is 10.9 Å².